The minimum atomic E-state index is -1.00. The van der Waals surface area contributed by atoms with Gasteiger partial charge in [-0.05, 0) is 78.2 Å². The molecule has 0 aliphatic rings. The zero-order valence-corrected chi connectivity index (χ0v) is 35.6. The van der Waals surface area contributed by atoms with E-state index in [2.05, 4.69) is 57.4 Å². The quantitative estimate of drug-likeness (QED) is 0.0930. The number of rotatable bonds is 16. The molecule has 61 heavy (non-hydrogen) atoms. The fourth-order valence-corrected chi connectivity index (χ4v) is 5.35. The summed E-state index contributed by atoms with van der Waals surface area (Å²) in [6, 6.07) is 39.6. The van der Waals surface area contributed by atoms with Crippen LogP contribution in [0.25, 0.3) is 0 Å². The first kappa shape index (κ1) is 49.7. The number of para-hydroxylation sites is 1. The molecule has 1 unspecified atom stereocenters. The Bertz CT molecular complexity index is 2070. The van der Waals surface area contributed by atoms with Crippen LogP contribution in [-0.4, -0.2) is 91.7 Å². The number of benzene rings is 5. The number of aryl methyl sites for hydroxylation is 1. The van der Waals surface area contributed by atoms with Crippen LogP contribution in [0.1, 0.15) is 34.5 Å². The van der Waals surface area contributed by atoms with Gasteiger partial charge in [-0.2, -0.15) is 0 Å². The minimum Gasteiger partial charge on any atom is -0.497 e. The summed E-state index contributed by atoms with van der Waals surface area (Å²) < 4.78 is 10.2. The van der Waals surface area contributed by atoms with E-state index in [1.54, 1.807) is 100 Å². The number of likely N-dealkylation sites (N-methyl/N-ethyl adjacent to an activating group) is 1. The Balaban J connectivity index is 0.000000493. The molecule has 322 valence electrons. The molecular formula is C47H56N6O8. The Hall–Kier alpha value is -7.48. The van der Waals surface area contributed by atoms with Crippen LogP contribution in [0.5, 0.6) is 11.5 Å². The molecule has 4 N–H and O–H groups in total. The topological polar surface area (TPSA) is 175 Å². The lowest BCUT2D eigenvalue weighted by molar-refractivity contribution is -0.127. The van der Waals surface area contributed by atoms with E-state index in [9.17, 15) is 24.0 Å². The van der Waals surface area contributed by atoms with E-state index in [-0.39, 0.29) is 24.6 Å². The molecule has 0 aromatic heterocycles. The van der Waals surface area contributed by atoms with Crippen LogP contribution in [-0.2, 0) is 30.4 Å². The van der Waals surface area contributed by atoms with E-state index in [1.165, 1.54) is 16.2 Å². The first-order valence-corrected chi connectivity index (χ1v) is 19.2. The number of carbonyl (C=O) groups excluding carboxylic acids is 6. The third-order valence-corrected chi connectivity index (χ3v) is 8.72. The average Bonchev–Trinajstić information content (AvgIpc) is 3.32. The first-order valence-electron chi connectivity index (χ1n) is 19.2. The number of methoxy groups -OCH3 is 2. The molecular weight excluding hydrogens is 777 g/mol. The maximum Gasteiger partial charge on any atom is 0.253 e. The van der Waals surface area contributed by atoms with Crippen molar-refractivity contribution in [3.05, 3.63) is 150 Å². The van der Waals surface area contributed by atoms with Gasteiger partial charge >= 0.3 is 0 Å². The van der Waals surface area contributed by atoms with Gasteiger partial charge in [0.2, 0.25) is 11.8 Å². The lowest BCUT2D eigenvalue weighted by Gasteiger charge is -2.25. The van der Waals surface area contributed by atoms with Gasteiger partial charge in [-0.3, -0.25) is 19.2 Å². The van der Waals surface area contributed by atoms with E-state index in [0.29, 0.717) is 29.0 Å². The van der Waals surface area contributed by atoms with Crippen LogP contribution < -0.4 is 40.5 Å². The summed E-state index contributed by atoms with van der Waals surface area (Å²) in [4.78, 5) is 72.9. The zero-order chi connectivity index (χ0) is 45.0. The van der Waals surface area contributed by atoms with Crippen LogP contribution in [0.15, 0.2) is 133 Å². The van der Waals surface area contributed by atoms with E-state index < -0.39 is 30.3 Å². The fourth-order valence-electron chi connectivity index (χ4n) is 5.35. The third-order valence-electron chi connectivity index (χ3n) is 8.72. The molecule has 0 radical (unpaired) electrons. The van der Waals surface area contributed by atoms with Gasteiger partial charge in [0, 0.05) is 38.2 Å². The summed E-state index contributed by atoms with van der Waals surface area (Å²) in [5.41, 5.74) is 4.37. The third kappa shape index (κ3) is 17.5. The number of hydrogen-bond acceptors (Lipinski definition) is 10. The molecule has 14 heteroatoms. The van der Waals surface area contributed by atoms with Crippen LogP contribution in [0, 0.1) is 0 Å². The van der Waals surface area contributed by atoms with Gasteiger partial charge in [0.05, 0.1) is 39.4 Å². The highest BCUT2D eigenvalue weighted by atomic mass is 16.5. The smallest absolute Gasteiger partial charge is 0.253 e. The second-order valence-electron chi connectivity index (χ2n) is 13.0. The second kappa shape index (κ2) is 28.0. The number of amides is 4. The minimum absolute atomic E-state index is 0.111. The summed E-state index contributed by atoms with van der Waals surface area (Å²) in [7, 11) is 8.86. The molecule has 0 spiro atoms. The van der Waals surface area contributed by atoms with E-state index in [0.717, 1.165) is 12.2 Å². The zero-order valence-electron chi connectivity index (χ0n) is 35.6. The standard InChI is InChI=1S/C29H31N5O6.C9H13NO.C8H10.CH2O/c1-34(21-12-14-22(40-2)15-13-21)29(39)27(20-8-4-3-5-9-20)33-26(37)19-32-28(38)23-10-6-7-11-24(23)31-18-25(36)30-16-17-35;1-10(2)8-4-6-9(11-3)7-5-8;1-2-8-6-4-3-5-7-8;1-2/h3-15,17,27,31H,16,18-19H2,1-2H3,(H,30,36)(H,32,38)(H,33,37);4-7H,1-3H3;3-7H,2H2,1H3;1H2. The van der Waals surface area contributed by atoms with Gasteiger partial charge < -0.3 is 50.1 Å². The maximum absolute atomic E-state index is 13.5. The average molecular weight is 833 g/mol. The highest BCUT2D eigenvalue weighted by Crippen LogP contribution is 2.23. The Morgan fingerprint density at radius 3 is 1.69 bits per heavy atom. The molecule has 0 saturated carbocycles. The van der Waals surface area contributed by atoms with Crippen LogP contribution in [0.2, 0.25) is 0 Å². The molecule has 5 rings (SSSR count). The maximum atomic E-state index is 13.5. The number of anilines is 3. The summed E-state index contributed by atoms with van der Waals surface area (Å²) in [6.45, 7) is 3.51. The van der Waals surface area contributed by atoms with Gasteiger partial charge in [-0.1, -0.05) is 79.7 Å². The van der Waals surface area contributed by atoms with Crippen molar-refractivity contribution in [2.24, 2.45) is 0 Å². The molecule has 0 aliphatic heterocycles. The number of ether oxygens (including phenoxy) is 2. The first-order chi connectivity index (χ1) is 29.5. The lowest BCUT2D eigenvalue weighted by atomic mass is 10.1. The predicted molar refractivity (Wildman–Crippen MR) is 240 cm³/mol. The van der Waals surface area contributed by atoms with Crippen molar-refractivity contribution >= 4 is 53.8 Å². The van der Waals surface area contributed by atoms with Crippen LogP contribution in [0.4, 0.5) is 17.1 Å². The number of hydrogen-bond donors (Lipinski definition) is 4. The normalized spacial score (nSPS) is 10.1. The molecule has 5 aromatic carbocycles. The number of nitrogens with one attached hydrogen (secondary N) is 4. The highest BCUT2D eigenvalue weighted by Gasteiger charge is 2.27. The van der Waals surface area contributed by atoms with Gasteiger partial charge in [0.25, 0.3) is 11.8 Å². The second-order valence-corrected chi connectivity index (χ2v) is 13.0. The fraction of sp³-hybridized carbons (Fsp3) is 0.234. The predicted octanol–water partition coefficient (Wildman–Crippen LogP) is 5.50. The summed E-state index contributed by atoms with van der Waals surface area (Å²) >= 11 is 0. The molecule has 0 heterocycles. The van der Waals surface area contributed by atoms with Crippen molar-refractivity contribution < 1.29 is 38.2 Å². The van der Waals surface area contributed by atoms with Gasteiger partial charge in [0.1, 0.15) is 30.6 Å². The molecule has 5 aromatic rings. The number of aldehydes is 1. The van der Waals surface area contributed by atoms with Crippen molar-refractivity contribution in [3.63, 3.8) is 0 Å². The monoisotopic (exact) mass is 832 g/mol. The van der Waals surface area contributed by atoms with Crippen molar-refractivity contribution in [1.82, 2.24) is 16.0 Å². The Morgan fingerprint density at radius 2 is 1.18 bits per heavy atom. The van der Waals surface area contributed by atoms with Gasteiger partial charge in [-0.25, -0.2) is 0 Å². The summed E-state index contributed by atoms with van der Waals surface area (Å²) in [5.74, 6) is -0.375. The van der Waals surface area contributed by atoms with Crippen LogP contribution >= 0.6 is 0 Å². The Kier molecular flexibility index (Phi) is 22.8. The van der Waals surface area contributed by atoms with Crippen molar-refractivity contribution in [2.45, 2.75) is 19.4 Å². The van der Waals surface area contributed by atoms with Gasteiger partial charge in [-0.15, -0.1) is 0 Å². The van der Waals surface area contributed by atoms with E-state index in [4.69, 9.17) is 14.3 Å². The highest BCUT2D eigenvalue weighted by molar-refractivity contribution is 6.03. The van der Waals surface area contributed by atoms with Crippen molar-refractivity contribution in [3.8, 4) is 11.5 Å². The van der Waals surface area contributed by atoms with Crippen molar-refractivity contribution in [2.75, 3.05) is 70.1 Å². The molecule has 0 aliphatic carbocycles. The molecule has 4 amide bonds. The summed E-state index contributed by atoms with van der Waals surface area (Å²) in [6.07, 6.45) is 1.71. The van der Waals surface area contributed by atoms with Gasteiger partial charge in [0.15, 0.2) is 0 Å². The van der Waals surface area contributed by atoms with E-state index in [1.807, 2.05) is 51.2 Å². The molecule has 0 fully saturated rings. The number of nitrogens with zero attached hydrogens (tertiary/aromatic N) is 2. The number of carbonyl (C=O) groups is 6. The lowest BCUT2D eigenvalue weighted by Crippen LogP contribution is -2.45. The summed E-state index contributed by atoms with van der Waals surface area (Å²) in [5, 5.41) is 10.5. The van der Waals surface area contributed by atoms with Crippen molar-refractivity contribution in [1.29, 1.82) is 0 Å². The Labute approximate surface area is 358 Å². The van der Waals surface area contributed by atoms with Crippen LogP contribution in [0.3, 0.4) is 0 Å². The Morgan fingerprint density at radius 1 is 0.656 bits per heavy atom. The largest absolute Gasteiger partial charge is 0.497 e. The van der Waals surface area contributed by atoms with E-state index >= 15 is 0 Å². The molecule has 14 nitrogen and oxygen atoms in total. The SMILES string of the molecule is C=O.CCc1ccccc1.COc1ccc(N(C)C(=O)C(NC(=O)CNC(=O)c2ccccc2NCC(=O)NCC=O)c2ccccc2)cc1.COc1ccc(N(C)C)cc1. The molecule has 1 atom stereocenters. The molecule has 0 saturated heterocycles. The molecule has 0 bridgehead atoms.